The van der Waals surface area contributed by atoms with Gasteiger partial charge in [0.25, 0.3) is 0 Å². The van der Waals surface area contributed by atoms with Gasteiger partial charge in [-0.2, -0.15) is 10.1 Å². The predicted molar refractivity (Wildman–Crippen MR) is 72.6 cm³/mol. The Kier molecular flexibility index (Phi) is 3.56. The van der Waals surface area contributed by atoms with Gasteiger partial charge in [0.2, 0.25) is 5.89 Å². The Balaban J connectivity index is 1.66. The van der Waals surface area contributed by atoms with E-state index >= 15 is 0 Å². The van der Waals surface area contributed by atoms with Crippen molar-refractivity contribution >= 4 is 0 Å². The van der Waals surface area contributed by atoms with E-state index in [0.717, 1.165) is 37.4 Å². The fraction of sp³-hybridized carbons (Fsp3) is 0.643. The van der Waals surface area contributed by atoms with Crippen molar-refractivity contribution in [1.29, 1.82) is 0 Å². The highest BCUT2D eigenvalue weighted by molar-refractivity contribution is 5.24. The van der Waals surface area contributed by atoms with Gasteiger partial charge in [0.1, 0.15) is 0 Å². The minimum atomic E-state index is 0.300. The first-order valence-corrected chi connectivity index (χ1v) is 7.04. The van der Waals surface area contributed by atoms with Crippen molar-refractivity contribution in [3.63, 3.8) is 0 Å². The molecule has 0 unspecified atom stereocenters. The van der Waals surface area contributed by atoms with Crippen molar-refractivity contribution in [2.45, 2.75) is 39.0 Å². The molecule has 6 heteroatoms. The molecule has 0 N–H and O–H groups in total. The lowest BCUT2D eigenvalue weighted by Gasteiger charge is -1.99. The molecule has 0 aliphatic carbocycles. The first kappa shape index (κ1) is 13.3. The molecule has 2 aromatic heterocycles. The third kappa shape index (κ3) is 2.47. The van der Waals surface area contributed by atoms with Crippen LogP contribution in [0.5, 0.6) is 0 Å². The maximum absolute atomic E-state index is 5.35. The summed E-state index contributed by atoms with van der Waals surface area (Å²) in [5.74, 6) is 1.79. The molecule has 3 rings (SSSR count). The first-order chi connectivity index (χ1) is 9.65. The number of hydrogen-bond acceptors (Lipinski definition) is 5. The first-order valence-electron chi connectivity index (χ1n) is 7.04. The van der Waals surface area contributed by atoms with E-state index in [2.05, 4.69) is 22.2 Å². The average Bonchev–Trinajstić information content (AvgIpc) is 3.12. The Morgan fingerprint density at radius 1 is 1.30 bits per heavy atom. The zero-order valence-corrected chi connectivity index (χ0v) is 12.2. The van der Waals surface area contributed by atoms with Crippen LogP contribution in [0.2, 0.25) is 0 Å². The molecule has 1 atom stereocenters. The highest BCUT2D eigenvalue weighted by Crippen LogP contribution is 2.23. The van der Waals surface area contributed by atoms with Gasteiger partial charge in [-0.25, -0.2) is 0 Å². The van der Waals surface area contributed by atoms with Gasteiger partial charge >= 0.3 is 0 Å². The number of rotatable bonds is 4. The summed E-state index contributed by atoms with van der Waals surface area (Å²) in [6, 6.07) is 0. The lowest BCUT2D eigenvalue weighted by atomic mass is 10.1. The second-order valence-electron chi connectivity index (χ2n) is 5.38. The zero-order chi connectivity index (χ0) is 14.1. The van der Waals surface area contributed by atoms with E-state index in [1.807, 2.05) is 18.7 Å². The SMILES string of the molecule is Cc1nn(C)c(C)c1CCc1nc([C@@H]2CCOC2)no1. The van der Waals surface area contributed by atoms with Crippen molar-refractivity contribution < 1.29 is 9.26 Å². The quantitative estimate of drug-likeness (QED) is 0.850. The number of aryl methyl sites for hydroxylation is 3. The molecule has 0 radical (unpaired) electrons. The molecule has 108 valence electrons. The summed E-state index contributed by atoms with van der Waals surface area (Å²) < 4.78 is 12.6. The van der Waals surface area contributed by atoms with E-state index in [1.165, 1.54) is 11.3 Å². The van der Waals surface area contributed by atoms with Crippen molar-refractivity contribution in [3.05, 3.63) is 28.7 Å². The molecule has 2 aromatic rings. The number of hydrogen-bond donors (Lipinski definition) is 0. The molecule has 6 nitrogen and oxygen atoms in total. The zero-order valence-electron chi connectivity index (χ0n) is 12.2. The Morgan fingerprint density at radius 2 is 2.15 bits per heavy atom. The fourth-order valence-corrected chi connectivity index (χ4v) is 2.68. The Morgan fingerprint density at radius 3 is 2.80 bits per heavy atom. The predicted octanol–water partition coefficient (Wildman–Crippen LogP) is 1.71. The van der Waals surface area contributed by atoms with Gasteiger partial charge in [-0.05, 0) is 32.3 Å². The molecule has 1 fully saturated rings. The minimum Gasteiger partial charge on any atom is -0.381 e. The molecule has 1 aliphatic rings. The summed E-state index contributed by atoms with van der Waals surface area (Å²) in [4.78, 5) is 4.49. The number of aromatic nitrogens is 4. The molecule has 20 heavy (non-hydrogen) atoms. The standard InChI is InChI=1S/C14H20N4O2/c1-9-12(10(2)18(3)16-9)4-5-13-15-14(17-20-13)11-6-7-19-8-11/h11H,4-8H2,1-3H3/t11-/m1/s1. The summed E-state index contributed by atoms with van der Waals surface area (Å²) in [6.07, 6.45) is 2.63. The maximum atomic E-state index is 5.35. The van der Waals surface area contributed by atoms with E-state index in [9.17, 15) is 0 Å². The van der Waals surface area contributed by atoms with Crippen LogP contribution in [0.25, 0.3) is 0 Å². The second kappa shape index (κ2) is 5.36. The molecular formula is C14H20N4O2. The van der Waals surface area contributed by atoms with Crippen molar-refractivity contribution in [2.24, 2.45) is 7.05 Å². The van der Waals surface area contributed by atoms with Crippen LogP contribution in [0.4, 0.5) is 0 Å². The van der Waals surface area contributed by atoms with Crippen LogP contribution < -0.4 is 0 Å². The summed E-state index contributed by atoms with van der Waals surface area (Å²) in [7, 11) is 1.97. The highest BCUT2D eigenvalue weighted by atomic mass is 16.5. The van der Waals surface area contributed by atoms with Crippen molar-refractivity contribution in [3.8, 4) is 0 Å². The van der Waals surface area contributed by atoms with Gasteiger partial charge in [-0.15, -0.1) is 0 Å². The largest absolute Gasteiger partial charge is 0.381 e. The molecule has 0 saturated carbocycles. The van der Waals surface area contributed by atoms with Crippen molar-refractivity contribution in [2.75, 3.05) is 13.2 Å². The molecule has 1 saturated heterocycles. The van der Waals surface area contributed by atoms with Crippen LogP contribution in [-0.4, -0.2) is 33.1 Å². The van der Waals surface area contributed by atoms with Gasteiger partial charge in [0.15, 0.2) is 5.82 Å². The van der Waals surface area contributed by atoms with Gasteiger partial charge in [-0.3, -0.25) is 4.68 Å². The summed E-state index contributed by atoms with van der Waals surface area (Å²) >= 11 is 0. The van der Waals surface area contributed by atoms with Crippen LogP contribution in [0.3, 0.4) is 0 Å². The third-order valence-electron chi connectivity index (χ3n) is 4.03. The smallest absolute Gasteiger partial charge is 0.226 e. The Labute approximate surface area is 118 Å². The van der Waals surface area contributed by atoms with Crippen LogP contribution in [-0.2, 0) is 24.6 Å². The van der Waals surface area contributed by atoms with Crippen molar-refractivity contribution in [1.82, 2.24) is 19.9 Å². The minimum absolute atomic E-state index is 0.300. The molecule has 0 spiro atoms. The molecule has 0 bridgehead atoms. The molecule has 0 aromatic carbocycles. The van der Waals surface area contributed by atoms with Crippen LogP contribution in [0, 0.1) is 13.8 Å². The topological polar surface area (TPSA) is 66.0 Å². The lowest BCUT2D eigenvalue weighted by molar-refractivity contribution is 0.192. The van der Waals surface area contributed by atoms with Crippen LogP contribution >= 0.6 is 0 Å². The monoisotopic (exact) mass is 276 g/mol. The van der Waals surface area contributed by atoms with E-state index in [1.54, 1.807) is 0 Å². The Hall–Kier alpha value is -1.69. The van der Waals surface area contributed by atoms with E-state index in [0.29, 0.717) is 18.4 Å². The van der Waals surface area contributed by atoms with Crippen LogP contribution in [0.1, 0.15) is 41.0 Å². The third-order valence-corrected chi connectivity index (χ3v) is 4.03. The Bertz CT molecular complexity index is 596. The summed E-state index contributed by atoms with van der Waals surface area (Å²) in [5, 5.41) is 8.50. The van der Waals surface area contributed by atoms with E-state index in [4.69, 9.17) is 9.26 Å². The lowest BCUT2D eigenvalue weighted by Crippen LogP contribution is -2.00. The van der Waals surface area contributed by atoms with Gasteiger partial charge in [0, 0.05) is 31.7 Å². The summed E-state index contributed by atoms with van der Waals surface area (Å²) in [5.41, 5.74) is 3.55. The van der Waals surface area contributed by atoms with Crippen LogP contribution in [0.15, 0.2) is 4.52 Å². The van der Waals surface area contributed by atoms with E-state index in [-0.39, 0.29) is 0 Å². The number of nitrogens with zero attached hydrogens (tertiary/aromatic N) is 4. The number of ether oxygens (including phenoxy) is 1. The molecule has 3 heterocycles. The fourth-order valence-electron chi connectivity index (χ4n) is 2.68. The molecular weight excluding hydrogens is 256 g/mol. The normalized spacial score (nSPS) is 18.9. The highest BCUT2D eigenvalue weighted by Gasteiger charge is 2.23. The molecule has 1 aliphatic heterocycles. The van der Waals surface area contributed by atoms with Gasteiger partial charge in [0.05, 0.1) is 12.3 Å². The maximum Gasteiger partial charge on any atom is 0.226 e. The second-order valence-corrected chi connectivity index (χ2v) is 5.38. The summed E-state index contributed by atoms with van der Waals surface area (Å²) in [6.45, 7) is 5.63. The van der Waals surface area contributed by atoms with Gasteiger partial charge < -0.3 is 9.26 Å². The van der Waals surface area contributed by atoms with Gasteiger partial charge in [-0.1, -0.05) is 5.16 Å². The molecule has 0 amide bonds. The average molecular weight is 276 g/mol. The van der Waals surface area contributed by atoms with E-state index < -0.39 is 0 Å².